The van der Waals surface area contributed by atoms with Gasteiger partial charge in [0.2, 0.25) is 0 Å². The summed E-state index contributed by atoms with van der Waals surface area (Å²) in [6.07, 6.45) is 3.21. The largest absolute Gasteiger partial charge is 0.465 e. The summed E-state index contributed by atoms with van der Waals surface area (Å²) in [5.74, 6) is -0.407. The van der Waals surface area contributed by atoms with Gasteiger partial charge in [-0.3, -0.25) is 4.40 Å². The van der Waals surface area contributed by atoms with Crippen LogP contribution in [-0.2, 0) is 4.74 Å². The number of ether oxygens (including phenoxy) is 1. The fourth-order valence-electron chi connectivity index (χ4n) is 1.23. The topological polar surface area (TPSA) is 43.6 Å². The zero-order valence-corrected chi connectivity index (χ0v) is 8.15. The van der Waals surface area contributed by atoms with E-state index in [9.17, 15) is 4.79 Å². The van der Waals surface area contributed by atoms with Crippen molar-refractivity contribution < 1.29 is 9.53 Å². The Kier molecular flexibility index (Phi) is 2.13. The van der Waals surface area contributed by atoms with E-state index < -0.39 is 5.97 Å². The van der Waals surface area contributed by atoms with E-state index in [2.05, 4.69) is 9.72 Å². The molecule has 0 aliphatic rings. The Labute approximate surface area is 85.1 Å². The molecule has 2 aromatic rings. The fourth-order valence-corrected chi connectivity index (χ4v) is 1.48. The molecule has 4 nitrogen and oxygen atoms in total. The predicted octanol–water partition coefficient (Wildman–Crippen LogP) is 1.77. The average molecular weight is 211 g/mol. The Balaban J connectivity index is 2.64. The van der Waals surface area contributed by atoms with Crippen LogP contribution in [-0.4, -0.2) is 22.5 Å². The van der Waals surface area contributed by atoms with E-state index in [0.29, 0.717) is 10.7 Å². The van der Waals surface area contributed by atoms with E-state index in [-0.39, 0.29) is 0 Å². The van der Waals surface area contributed by atoms with E-state index in [4.69, 9.17) is 11.6 Å². The van der Waals surface area contributed by atoms with Gasteiger partial charge in [-0.2, -0.15) is 0 Å². The summed E-state index contributed by atoms with van der Waals surface area (Å²) >= 11 is 5.92. The van der Waals surface area contributed by atoms with Crippen molar-refractivity contribution in [3.05, 3.63) is 35.4 Å². The van der Waals surface area contributed by atoms with Crippen molar-refractivity contribution in [2.45, 2.75) is 0 Å². The number of rotatable bonds is 1. The van der Waals surface area contributed by atoms with Gasteiger partial charge in [-0.15, -0.1) is 0 Å². The van der Waals surface area contributed by atoms with Crippen LogP contribution in [0.4, 0.5) is 0 Å². The number of halogens is 1. The van der Waals surface area contributed by atoms with E-state index in [1.165, 1.54) is 7.11 Å². The lowest BCUT2D eigenvalue weighted by molar-refractivity contribution is 0.0601. The van der Waals surface area contributed by atoms with Crippen LogP contribution in [0, 0.1) is 0 Å². The second kappa shape index (κ2) is 3.31. The third kappa shape index (κ3) is 1.33. The minimum absolute atomic E-state index is 0.407. The molecular formula is C9H7ClN2O2. The van der Waals surface area contributed by atoms with Crippen molar-refractivity contribution in [3.63, 3.8) is 0 Å². The number of pyridine rings is 1. The fraction of sp³-hybridized carbons (Fsp3) is 0.111. The molecule has 0 aliphatic heterocycles. The highest BCUT2D eigenvalue weighted by molar-refractivity contribution is 6.30. The number of fused-ring (bicyclic) bond motifs is 1. The Morgan fingerprint density at radius 1 is 1.57 bits per heavy atom. The molecule has 14 heavy (non-hydrogen) atoms. The molecule has 0 radical (unpaired) electrons. The molecule has 0 fully saturated rings. The van der Waals surface area contributed by atoms with Crippen LogP contribution in [0.25, 0.3) is 5.52 Å². The molecule has 2 aromatic heterocycles. The molecule has 5 heteroatoms. The third-order valence-electron chi connectivity index (χ3n) is 1.90. The Hall–Kier alpha value is -1.55. The van der Waals surface area contributed by atoms with E-state index in [0.717, 1.165) is 5.52 Å². The number of nitrogens with zero attached hydrogens (tertiary/aromatic N) is 2. The first-order valence-electron chi connectivity index (χ1n) is 3.92. The van der Waals surface area contributed by atoms with Crippen LogP contribution in [0.2, 0.25) is 5.15 Å². The Morgan fingerprint density at radius 3 is 3.07 bits per heavy atom. The van der Waals surface area contributed by atoms with E-state index >= 15 is 0 Å². The first kappa shape index (κ1) is 9.02. The van der Waals surface area contributed by atoms with Crippen LogP contribution in [0.5, 0.6) is 0 Å². The average Bonchev–Trinajstić information content (AvgIpc) is 2.64. The summed E-state index contributed by atoms with van der Waals surface area (Å²) in [7, 11) is 1.33. The second-order valence-corrected chi connectivity index (χ2v) is 3.13. The van der Waals surface area contributed by atoms with Gasteiger partial charge >= 0.3 is 5.97 Å². The van der Waals surface area contributed by atoms with Gasteiger partial charge in [0.15, 0.2) is 0 Å². The van der Waals surface area contributed by atoms with Gasteiger partial charge < -0.3 is 4.74 Å². The van der Waals surface area contributed by atoms with Crippen LogP contribution in [0.1, 0.15) is 10.4 Å². The molecule has 0 aliphatic carbocycles. The second-order valence-electron chi connectivity index (χ2n) is 2.75. The summed E-state index contributed by atoms with van der Waals surface area (Å²) < 4.78 is 6.26. The number of carbonyl (C=O) groups is 1. The normalized spacial score (nSPS) is 10.4. The number of carbonyl (C=O) groups excluding carboxylic acids is 1. The number of methoxy groups -OCH3 is 1. The monoisotopic (exact) mass is 210 g/mol. The molecule has 0 amide bonds. The van der Waals surface area contributed by atoms with Gasteiger partial charge in [0.05, 0.1) is 24.4 Å². The number of hydrogen-bond donors (Lipinski definition) is 0. The minimum atomic E-state index is -0.407. The number of esters is 1. The van der Waals surface area contributed by atoms with Crippen LogP contribution >= 0.6 is 11.6 Å². The zero-order chi connectivity index (χ0) is 10.1. The van der Waals surface area contributed by atoms with Gasteiger partial charge in [-0.1, -0.05) is 11.6 Å². The molecule has 0 aromatic carbocycles. The van der Waals surface area contributed by atoms with Gasteiger partial charge in [0.1, 0.15) is 11.5 Å². The molecular weight excluding hydrogens is 204 g/mol. The first-order valence-corrected chi connectivity index (χ1v) is 4.30. The van der Waals surface area contributed by atoms with Gasteiger partial charge in [0.25, 0.3) is 0 Å². The van der Waals surface area contributed by atoms with E-state index in [1.54, 1.807) is 29.1 Å². The number of hydrogen-bond acceptors (Lipinski definition) is 3. The maximum absolute atomic E-state index is 11.2. The highest BCUT2D eigenvalue weighted by Crippen LogP contribution is 2.16. The number of imidazole rings is 1. The molecule has 72 valence electrons. The maximum Gasteiger partial charge on any atom is 0.338 e. The smallest absolute Gasteiger partial charge is 0.338 e. The van der Waals surface area contributed by atoms with Crippen LogP contribution in [0.15, 0.2) is 24.7 Å². The third-order valence-corrected chi connectivity index (χ3v) is 2.19. The van der Waals surface area contributed by atoms with Crippen molar-refractivity contribution in [2.24, 2.45) is 0 Å². The molecule has 2 rings (SSSR count). The molecule has 0 atom stereocenters. The van der Waals surface area contributed by atoms with E-state index in [1.807, 2.05) is 0 Å². The molecule has 0 saturated carbocycles. The Bertz CT molecular complexity index is 493. The standard InChI is InChI=1S/C9H7ClN2O2/c1-14-9(13)6-2-7-4-11-5-12(7)8(10)3-6/h2-5H,1H3. The van der Waals surface area contributed by atoms with Gasteiger partial charge in [0, 0.05) is 0 Å². The molecule has 0 spiro atoms. The molecule has 0 N–H and O–H groups in total. The first-order chi connectivity index (χ1) is 6.72. The van der Waals surface area contributed by atoms with Crippen molar-refractivity contribution in [2.75, 3.05) is 7.11 Å². The highest BCUT2D eigenvalue weighted by Gasteiger charge is 2.08. The summed E-state index contributed by atoms with van der Waals surface area (Å²) in [5, 5.41) is 0.431. The highest BCUT2D eigenvalue weighted by atomic mass is 35.5. The van der Waals surface area contributed by atoms with Gasteiger partial charge in [-0.05, 0) is 12.1 Å². The summed E-state index contributed by atoms with van der Waals surface area (Å²) in [6, 6.07) is 3.22. The molecule has 2 heterocycles. The van der Waals surface area contributed by atoms with Crippen LogP contribution in [0.3, 0.4) is 0 Å². The van der Waals surface area contributed by atoms with Crippen molar-refractivity contribution in [1.29, 1.82) is 0 Å². The minimum Gasteiger partial charge on any atom is -0.465 e. The SMILES string of the molecule is COC(=O)c1cc(Cl)n2cncc2c1. The van der Waals surface area contributed by atoms with Crippen molar-refractivity contribution in [1.82, 2.24) is 9.38 Å². The molecule has 0 bridgehead atoms. The lowest BCUT2D eigenvalue weighted by Gasteiger charge is -2.02. The predicted molar refractivity (Wildman–Crippen MR) is 51.5 cm³/mol. The zero-order valence-electron chi connectivity index (χ0n) is 7.40. The lowest BCUT2D eigenvalue weighted by atomic mass is 10.2. The quantitative estimate of drug-likeness (QED) is 0.532. The summed E-state index contributed by atoms with van der Waals surface area (Å²) in [5.41, 5.74) is 1.18. The van der Waals surface area contributed by atoms with Gasteiger partial charge in [-0.25, -0.2) is 9.78 Å². The van der Waals surface area contributed by atoms with Crippen molar-refractivity contribution >= 4 is 23.1 Å². The summed E-state index contributed by atoms with van der Waals surface area (Å²) in [6.45, 7) is 0. The number of aromatic nitrogens is 2. The lowest BCUT2D eigenvalue weighted by Crippen LogP contribution is -2.02. The van der Waals surface area contributed by atoms with Crippen LogP contribution < -0.4 is 0 Å². The molecule has 0 saturated heterocycles. The Morgan fingerprint density at radius 2 is 2.36 bits per heavy atom. The maximum atomic E-state index is 11.2. The summed E-state index contributed by atoms with van der Waals surface area (Å²) in [4.78, 5) is 15.1. The molecule has 0 unspecified atom stereocenters. The van der Waals surface area contributed by atoms with Crippen molar-refractivity contribution in [3.8, 4) is 0 Å².